The minimum atomic E-state index is -1.90. The summed E-state index contributed by atoms with van der Waals surface area (Å²) < 4.78 is 18.9. The molecule has 1 heterocycles. The van der Waals surface area contributed by atoms with Gasteiger partial charge in [0.1, 0.15) is 0 Å². The molecular formula is C6H7NNaO2S. The molecule has 0 saturated heterocycles. The van der Waals surface area contributed by atoms with Crippen LogP contribution in [0, 0.1) is 6.92 Å². The van der Waals surface area contributed by atoms with Crippen LogP contribution in [0.2, 0.25) is 0 Å². The quantitative estimate of drug-likeness (QED) is 0.508. The van der Waals surface area contributed by atoms with Gasteiger partial charge in [0, 0.05) is 41.4 Å². The summed E-state index contributed by atoms with van der Waals surface area (Å²) >= 11 is -1.90. The first kappa shape index (κ1) is 11.3. The second-order valence-electron chi connectivity index (χ2n) is 1.88. The zero-order valence-corrected chi connectivity index (χ0v) is 9.26. The van der Waals surface area contributed by atoms with E-state index in [-0.39, 0.29) is 29.6 Å². The molecular weight excluding hydrogens is 173 g/mol. The number of nitrogens with zero attached hydrogens (tertiary/aromatic N) is 1. The van der Waals surface area contributed by atoms with Gasteiger partial charge in [-0.05, 0) is 19.1 Å². The number of aromatic nitrogens is 1. The summed E-state index contributed by atoms with van der Waals surface area (Å²) in [7, 11) is 0. The molecule has 1 aromatic rings. The van der Waals surface area contributed by atoms with Gasteiger partial charge < -0.3 is 4.55 Å². The Hall–Kier alpha value is 0.260. The van der Waals surface area contributed by atoms with E-state index in [4.69, 9.17) is 4.55 Å². The van der Waals surface area contributed by atoms with Crippen molar-refractivity contribution in [2.24, 2.45) is 0 Å². The number of hydrogen-bond acceptors (Lipinski definition) is 2. The Morgan fingerprint density at radius 3 is 2.55 bits per heavy atom. The van der Waals surface area contributed by atoms with E-state index in [2.05, 4.69) is 4.98 Å². The molecule has 0 amide bonds. The first-order valence-corrected chi connectivity index (χ1v) is 3.84. The van der Waals surface area contributed by atoms with Crippen LogP contribution in [0.1, 0.15) is 5.69 Å². The molecule has 11 heavy (non-hydrogen) atoms. The third kappa shape index (κ3) is 3.44. The molecule has 1 atom stereocenters. The van der Waals surface area contributed by atoms with Crippen molar-refractivity contribution in [1.29, 1.82) is 0 Å². The SMILES string of the molecule is Cc1ccc(S(=O)O)cn1.[Na]. The fourth-order valence-corrected chi connectivity index (χ4v) is 0.885. The molecule has 0 fully saturated rings. The van der Waals surface area contributed by atoms with Crippen molar-refractivity contribution in [3.63, 3.8) is 0 Å². The predicted molar refractivity (Wildman–Crippen MR) is 43.8 cm³/mol. The molecule has 0 saturated carbocycles. The summed E-state index contributed by atoms with van der Waals surface area (Å²) in [6.45, 7) is 1.82. The van der Waals surface area contributed by atoms with Gasteiger partial charge in [0.05, 0.1) is 4.90 Å². The fourth-order valence-electron chi connectivity index (χ4n) is 0.558. The Balaban J connectivity index is 0.000001000. The molecule has 0 aliphatic rings. The van der Waals surface area contributed by atoms with E-state index in [0.717, 1.165) is 5.69 Å². The second-order valence-corrected chi connectivity index (χ2v) is 2.85. The minimum absolute atomic E-state index is 0. The maximum atomic E-state index is 10.4. The van der Waals surface area contributed by atoms with Crippen LogP contribution in [0.15, 0.2) is 23.2 Å². The minimum Gasteiger partial charge on any atom is -0.302 e. The van der Waals surface area contributed by atoms with Gasteiger partial charge in [-0.2, -0.15) is 0 Å². The summed E-state index contributed by atoms with van der Waals surface area (Å²) in [5, 5.41) is 0. The van der Waals surface area contributed by atoms with Gasteiger partial charge in [0.25, 0.3) is 0 Å². The van der Waals surface area contributed by atoms with Gasteiger partial charge in [-0.25, -0.2) is 4.21 Å². The van der Waals surface area contributed by atoms with Crippen molar-refractivity contribution in [2.45, 2.75) is 11.8 Å². The summed E-state index contributed by atoms with van der Waals surface area (Å²) in [4.78, 5) is 4.19. The zero-order chi connectivity index (χ0) is 7.56. The molecule has 3 nitrogen and oxygen atoms in total. The van der Waals surface area contributed by atoms with Crippen LogP contribution < -0.4 is 0 Å². The first-order valence-electron chi connectivity index (χ1n) is 2.73. The Bertz CT molecular complexity index is 249. The second kappa shape index (κ2) is 5.00. The van der Waals surface area contributed by atoms with Crippen LogP contribution in [-0.2, 0) is 11.1 Å². The summed E-state index contributed by atoms with van der Waals surface area (Å²) in [6.07, 6.45) is 1.39. The van der Waals surface area contributed by atoms with E-state index in [1.54, 1.807) is 12.1 Å². The van der Waals surface area contributed by atoms with Crippen LogP contribution in [0.3, 0.4) is 0 Å². The standard InChI is InChI=1S/C6H7NO2S.Na/c1-5-2-3-6(4-7-5)10(8)9;/h2-4H,1H3,(H,8,9);. The van der Waals surface area contributed by atoms with E-state index < -0.39 is 11.1 Å². The Kier molecular flexibility index (Phi) is 5.12. The molecule has 55 valence electrons. The third-order valence-corrected chi connectivity index (χ3v) is 1.73. The Morgan fingerprint density at radius 1 is 1.55 bits per heavy atom. The summed E-state index contributed by atoms with van der Waals surface area (Å²) in [6, 6.07) is 3.28. The Morgan fingerprint density at radius 2 is 2.18 bits per heavy atom. The van der Waals surface area contributed by atoms with Crippen LogP contribution >= 0.6 is 0 Å². The third-order valence-electron chi connectivity index (χ3n) is 1.09. The Labute approximate surface area is 89.8 Å². The van der Waals surface area contributed by atoms with Gasteiger partial charge in [-0.3, -0.25) is 4.98 Å². The van der Waals surface area contributed by atoms with Gasteiger partial charge in [0.15, 0.2) is 11.1 Å². The largest absolute Gasteiger partial charge is 0.302 e. The fraction of sp³-hybridized carbons (Fsp3) is 0.167. The summed E-state index contributed by atoms with van der Waals surface area (Å²) in [5.74, 6) is 0. The predicted octanol–water partition coefficient (Wildman–Crippen LogP) is 0.590. The number of rotatable bonds is 1. The maximum absolute atomic E-state index is 10.4. The molecule has 0 bridgehead atoms. The van der Waals surface area contributed by atoms with Crippen molar-refractivity contribution in [3.8, 4) is 0 Å². The van der Waals surface area contributed by atoms with Crippen molar-refractivity contribution < 1.29 is 8.76 Å². The smallest absolute Gasteiger partial charge is 0.188 e. The van der Waals surface area contributed by atoms with Crippen LogP contribution in [-0.4, -0.2) is 43.3 Å². The normalized spacial score (nSPS) is 11.8. The van der Waals surface area contributed by atoms with Crippen molar-refractivity contribution >= 4 is 40.6 Å². The van der Waals surface area contributed by atoms with E-state index in [1.165, 1.54) is 6.20 Å². The van der Waals surface area contributed by atoms with Gasteiger partial charge in [-0.1, -0.05) is 0 Å². The molecule has 1 rings (SSSR count). The van der Waals surface area contributed by atoms with Crippen LogP contribution in [0.25, 0.3) is 0 Å². The monoisotopic (exact) mass is 180 g/mol. The summed E-state index contributed by atoms with van der Waals surface area (Å²) in [5.41, 5.74) is 0.842. The molecule has 0 aliphatic carbocycles. The van der Waals surface area contributed by atoms with Crippen molar-refractivity contribution in [2.75, 3.05) is 0 Å². The van der Waals surface area contributed by atoms with Crippen LogP contribution in [0.5, 0.6) is 0 Å². The number of aryl methyl sites for hydroxylation is 1. The van der Waals surface area contributed by atoms with E-state index in [9.17, 15) is 4.21 Å². The van der Waals surface area contributed by atoms with Crippen molar-refractivity contribution in [1.82, 2.24) is 4.98 Å². The topological polar surface area (TPSA) is 50.2 Å². The first-order chi connectivity index (χ1) is 4.70. The van der Waals surface area contributed by atoms with E-state index in [1.807, 2.05) is 6.92 Å². The molecule has 1 aromatic heterocycles. The van der Waals surface area contributed by atoms with E-state index >= 15 is 0 Å². The molecule has 5 heteroatoms. The molecule has 1 N–H and O–H groups in total. The van der Waals surface area contributed by atoms with Crippen molar-refractivity contribution in [3.05, 3.63) is 24.0 Å². The van der Waals surface area contributed by atoms with E-state index in [0.29, 0.717) is 4.90 Å². The van der Waals surface area contributed by atoms with Gasteiger partial charge >= 0.3 is 0 Å². The number of pyridine rings is 1. The zero-order valence-electron chi connectivity index (χ0n) is 6.44. The van der Waals surface area contributed by atoms with Gasteiger partial charge in [-0.15, -0.1) is 0 Å². The number of hydrogen-bond donors (Lipinski definition) is 1. The maximum Gasteiger partial charge on any atom is 0.188 e. The van der Waals surface area contributed by atoms with Crippen LogP contribution in [0.4, 0.5) is 0 Å². The molecule has 0 spiro atoms. The molecule has 0 aromatic carbocycles. The average molecular weight is 180 g/mol. The van der Waals surface area contributed by atoms with Gasteiger partial charge in [0.2, 0.25) is 0 Å². The molecule has 1 radical (unpaired) electrons. The average Bonchev–Trinajstić information content (AvgIpc) is 1.88. The molecule has 1 unspecified atom stereocenters. The molecule has 0 aliphatic heterocycles.